The van der Waals surface area contributed by atoms with Gasteiger partial charge in [-0.3, -0.25) is 0 Å². The number of hydrogen-bond acceptors (Lipinski definition) is 2. The van der Waals surface area contributed by atoms with E-state index < -0.39 is 109 Å². The van der Waals surface area contributed by atoms with Crippen LogP contribution in [-0.2, 0) is 16.2 Å². The summed E-state index contributed by atoms with van der Waals surface area (Å²) in [4.78, 5) is 4.59. The predicted molar refractivity (Wildman–Crippen MR) is 461 cm³/mol. The van der Waals surface area contributed by atoms with Gasteiger partial charge >= 0.3 is 0 Å². The second-order valence-electron chi connectivity index (χ2n) is 31.7. The molecule has 0 fully saturated rings. The van der Waals surface area contributed by atoms with Crippen LogP contribution in [0.15, 0.2) is 333 Å². The van der Waals surface area contributed by atoms with Gasteiger partial charge in [-0.25, -0.2) is 0 Å². The number of benzene rings is 15. The molecule has 0 amide bonds. The molecule has 18 aromatic rings. The summed E-state index contributed by atoms with van der Waals surface area (Å²) in [5, 5.41) is 1.17. The maximum atomic E-state index is 10.3. The number of hydrogen-bond donors (Lipinski definition) is 0. The van der Waals surface area contributed by atoms with Crippen LogP contribution in [0, 0.1) is 0 Å². The van der Waals surface area contributed by atoms with Crippen LogP contribution in [0.4, 0.5) is 34.1 Å². The van der Waals surface area contributed by atoms with Crippen molar-refractivity contribution in [3.63, 3.8) is 0 Å². The van der Waals surface area contributed by atoms with Gasteiger partial charge in [-0.05, 0) is 168 Å². The van der Waals surface area contributed by atoms with Gasteiger partial charge in [0.1, 0.15) is 0 Å². The standard InChI is InChI=1S/C102H82BN5/c1-100(2,3)70-56-69(57-71(59-70)101(4,5)6)68-50-53-84-92(58-68)107(98-82(66-34-16-11-17-35-66)60-72(102(7,8)9)61-83(98)67-36-18-12-19-37-67)94-63-75(106-88-47-29-24-42-79(88)80-43-25-30-48-89(80)106)64-95-97(94)103(84)85-54-51-74(105-86-45-27-22-40-77(86)78-41-23-28-46-87(78)105)62-93(85)108(95)99-76(65-32-14-10-15-33-65)52-55-91-96(99)81-44-26-31-49-90(81)104(91)73-38-20-13-21-39-73/h10-64H,1-9H3/i22D,23D,24D,25D,27D,28D,29D,30D,40D,41D,42D,43D,45D,46D,47D,48D. The molecule has 20 rings (SSSR count). The molecule has 5 heterocycles. The summed E-state index contributed by atoms with van der Waals surface area (Å²) in [6.45, 7) is 19.2. The first-order valence-electron chi connectivity index (χ1n) is 44.9. The molecule has 0 saturated heterocycles. The van der Waals surface area contributed by atoms with Crippen LogP contribution >= 0.6 is 0 Å². The summed E-state index contributed by atoms with van der Waals surface area (Å²) in [5.74, 6) is 0. The maximum absolute atomic E-state index is 10.3. The lowest BCUT2D eigenvalue weighted by Gasteiger charge is -2.46. The zero-order valence-corrected chi connectivity index (χ0v) is 61.3. The number of rotatable bonds is 9. The Hall–Kier alpha value is -12.6. The molecule has 0 spiro atoms. The number of anilines is 6. The third-order valence-corrected chi connectivity index (χ3v) is 22.1. The molecule has 2 aliphatic rings. The summed E-state index contributed by atoms with van der Waals surface area (Å²) < 4.78 is 161. The third-order valence-electron chi connectivity index (χ3n) is 22.1. The highest BCUT2D eigenvalue weighted by molar-refractivity contribution is 7.00. The van der Waals surface area contributed by atoms with Crippen molar-refractivity contribution >= 4 is 123 Å². The number of fused-ring (bicyclic) bond motifs is 13. The second-order valence-corrected chi connectivity index (χ2v) is 31.7. The fourth-order valence-electron chi connectivity index (χ4n) is 16.9. The van der Waals surface area contributed by atoms with Gasteiger partial charge < -0.3 is 23.5 Å². The Kier molecular flexibility index (Phi) is 11.3. The van der Waals surface area contributed by atoms with E-state index in [9.17, 15) is 21.9 Å². The van der Waals surface area contributed by atoms with Gasteiger partial charge in [0.25, 0.3) is 6.71 Å². The molecule has 0 aliphatic carbocycles. The van der Waals surface area contributed by atoms with Crippen molar-refractivity contribution in [1.29, 1.82) is 0 Å². The lowest BCUT2D eigenvalue weighted by atomic mass is 9.33. The normalized spacial score (nSPS) is 15.1. The number of aromatic nitrogens is 3. The molecule has 0 N–H and O–H groups in total. The Morgan fingerprint density at radius 2 is 0.676 bits per heavy atom. The SMILES string of the molecule is [2H]c1c([2H])c([2H])c2c(c1[2H])c1c([2H])c([2H])c([2H])c([2H])c1n2-c1ccc2c(c1)N(c1c(-c3ccccc3)ccc3c1c1ccccc1n3-c1ccccc1)c1cc(-n3c4c([2H])c([2H])c([2H])c([2H])c4c4c([2H])c([2H])c([2H])c([2H])c43)cc3c1B2c1ccc(-c2cc(C(C)(C)C)cc(C(C)(C)C)c2)cc1N3c1c(-c2ccccc2)cc(C(C)(C)C)cc1-c1ccccc1. The predicted octanol–water partition coefficient (Wildman–Crippen LogP) is 25.6. The van der Waals surface area contributed by atoms with Crippen molar-refractivity contribution in [2.24, 2.45) is 0 Å². The minimum atomic E-state index is -0.814. The Bertz CT molecular complexity index is 7450. The van der Waals surface area contributed by atoms with Crippen molar-refractivity contribution in [3.05, 3.63) is 350 Å². The molecule has 0 unspecified atom stereocenters. The summed E-state index contributed by atoms with van der Waals surface area (Å²) in [5.41, 5.74) is 17.7. The Morgan fingerprint density at radius 1 is 0.269 bits per heavy atom. The molecule has 0 bridgehead atoms. The van der Waals surface area contributed by atoms with Gasteiger partial charge in [0.15, 0.2) is 0 Å². The van der Waals surface area contributed by atoms with E-state index in [4.69, 9.17) is 0 Å². The monoisotopic (exact) mass is 1400 g/mol. The number of nitrogens with zero attached hydrogens (tertiary/aromatic N) is 5. The van der Waals surface area contributed by atoms with Crippen LogP contribution in [0.2, 0.25) is 0 Å². The highest BCUT2D eigenvalue weighted by atomic mass is 15.2. The molecule has 3 aromatic heterocycles. The molecular formula is C102H82BN5. The molecule has 15 aromatic carbocycles. The minimum Gasteiger partial charge on any atom is -0.310 e. The van der Waals surface area contributed by atoms with Gasteiger partial charge in [-0.15, -0.1) is 0 Å². The molecule has 108 heavy (non-hydrogen) atoms. The van der Waals surface area contributed by atoms with Gasteiger partial charge in [-0.1, -0.05) is 305 Å². The van der Waals surface area contributed by atoms with Crippen LogP contribution in [0.1, 0.15) is 101 Å². The lowest BCUT2D eigenvalue weighted by Crippen LogP contribution is -2.61. The average Bonchev–Trinajstić information content (AvgIpc) is 1.01. The molecule has 518 valence electrons. The van der Waals surface area contributed by atoms with E-state index in [1.54, 1.807) is 9.13 Å². The van der Waals surface area contributed by atoms with Crippen molar-refractivity contribution < 1.29 is 21.9 Å². The molecule has 0 radical (unpaired) electrons. The van der Waals surface area contributed by atoms with Crippen molar-refractivity contribution in [1.82, 2.24) is 13.7 Å². The first-order valence-corrected chi connectivity index (χ1v) is 36.9. The van der Waals surface area contributed by atoms with Crippen LogP contribution in [0.5, 0.6) is 0 Å². The van der Waals surface area contributed by atoms with Crippen molar-refractivity contribution in [2.45, 2.75) is 78.6 Å². The third kappa shape index (κ3) is 10.2. The second kappa shape index (κ2) is 24.5. The summed E-state index contributed by atoms with van der Waals surface area (Å²) >= 11 is 0. The van der Waals surface area contributed by atoms with Crippen LogP contribution < -0.4 is 26.2 Å². The van der Waals surface area contributed by atoms with Crippen molar-refractivity contribution in [2.75, 3.05) is 9.80 Å². The van der Waals surface area contributed by atoms with E-state index in [2.05, 4.69) is 198 Å². The van der Waals surface area contributed by atoms with E-state index >= 15 is 0 Å². The Morgan fingerprint density at radius 3 is 1.19 bits per heavy atom. The summed E-state index contributed by atoms with van der Waals surface area (Å²) in [6.07, 6.45) is 0. The average molecular weight is 1400 g/mol. The highest BCUT2D eigenvalue weighted by Crippen LogP contribution is 2.56. The maximum Gasteiger partial charge on any atom is 0.252 e. The first kappa shape index (κ1) is 50.0. The summed E-state index contributed by atoms with van der Waals surface area (Å²) in [7, 11) is 0. The summed E-state index contributed by atoms with van der Waals surface area (Å²) in [6, 6.07) is 72.7. The van der Waals surface area contributed by atoms with Gasteiger partial charge in [0, 0.05) is 83.1 Å². The van der Waals surface area contributed by atoms with E-state index in [1.165, 1.54) is 0 Å². The van der Waals surface area contributed by atoms with Crippen molar-refractivity contribution in [3.8, 4) is 61.6 Å². The number of para-hydroxylation sites is 6. The molecule has 6 heteroatoms. The van der Waals surface area contributed by atoms with Gasteiger partial charge in [0.2, 0.25) is 0 Å². The quantitative estimate of drug-likeness (QED) is 0.134. The smallest absolute Gasteiger partial charge is 0.252 e. The largest absolute Gasteiger partial charge is 0.310 e. The van der Waals surface area contributed by atoms with Crippen LogP contribution in [-0.4, -0.2) is 20.4 Å². The van der Waals surface area contributed by atoms with Gasteiger partial charge in [-0.2, -0.15) is 0 Å². The van der Waals surface area contributed by atoms with E-state index in [-0.39, 0.29) is 65.8 Å². The zero-order chi connectivity index (χ0) is 87.0. The lowest BCUT2D eigenvalue weighted by molar-refractivity contribution is 0.569. The Balaban J connectivity index is 1.06. The minimum absolute atomic E-state index is 0.0870. The fourth-order valence-corrected chi connectivity index (χ4v) is 16.9. The van der Waals surface area contributed by atoms with Gasteiger partial charge in [0.05, 0.1) is 72.1 Å². The van der Waals surface area contributed by atoms with E-state index in [0.29, 0.717) is 22.7 Å². The molecular weight excluding hydrogens is 1310 g/mol. The van der Waals surface area contributed by atoms with Crippen LogP contribution in [0.25, 0.3) is 127 Å². The highest BCUT2D eigenvalue weighted by Gasteiger charge is 2.46. The molecule has 0 atom stereocenters. The molecule has 0 saturated carbocycles. The van der Waals surface area contributed by atoms with E-state index in [1.807, 2.05) is 115 Å². The Labute approximate surface area is 655 Å². The first-order chi connectivity index (χ1) is 59.2. The van der Waals surface area contributed by atoms with E-state index in [0.717, 1.165) is 116 Å². The van der Waals surface area contributed by atoms with Crippen LogP contribution in [0.3, 0.4) is 0 Å². The molecule has 2 aliphatic heterocycles. The topological polar surface area (TPSA) is 21.3 Å². The molecule has 5 nitrogen and oxygen atoms in total. The fraction of sp³-hybridized carbons (Fsp3) is 0.118. The zero-order valence-electron chi connectivity index (χ0n) is 77.3.